The van der Waals surface area contributed by atoms with E-state index in [2.05, 4.69) is 0 Å². The zero-order valence-electron chi connectivity index (χ0n) is 2.09. The Kier molecular flexibility index (Phi) is 6.96. The van der Waals surface area contributed by atoms with E-state index in [1.807, 2.05) is 0 Å². The van der Waals surface area contributed by atoms with E-state index in [0.717, 1.165) is 0 Å². The fraction of sp³-hybridized carbons (Fsp3) is 0. The average Bonchev–Trinajstić information content (AvgIpc) is 0.722. The van der Waals surface area contributed by atoms with E-state index in [-0.39, 0.29) is 29.6 Å². The molecule has 0 aromatic carbocycles. The molecule has 0 saturated heterocycles. The third-order valence-corrected chi connectivity index (χ3v) is 0. The van der Waals surface area contributed by atoms with Crippen LogP contribution in [0.5, 0.6) is 0 Å². The number of hydrogen-bond acceptors (Lipinski definition) is 0. The summed E-state index contributed by atoms with van der Waals surface area (Å²) in [6.07, 6.45) is 0. The van der Waals surface area contributed by atoms with Crippen molar-refractivity contribution in [1.82, 2.24) is 0 Å². The van der Waals surface area contributed by atoms with Gasteiger partial charge in [-0.15, -0.1) is 0 Å². The molecule has 0 amide bonds. The van der Waals surface area contributed by atoms with Crippen LogP contribution in [-0.2, 0) is 0 Å². The van der Waals surface area contributed by atoms with Crippen LogP contribution in [0.25, 0.3) is 0 Å². The van der Waals surface area contributed by atoms with E-state index in [9.17, 15) is 6.42 Å². The van der Waals surface area contributed by atoms with Crippen LogP contribution >= 0.6 is 0 Å². The van der Waals surface area contributed by atoms with Crippen molar-refractivity contribution in [3.63, 3.8) is 0 Å². The molecule has 0 fully saturated rings. The Labute approximate surface area is 65.9 Å². The van der Waals surface area contributed by atoms with E-state index < -0.39 is 31.1 Å². The summed E-state index contributed by atoms with van der Waals surface area (Å²) < 4.78 is 39.7. The van der Waals surface area contributed by atoms with Crippen LogP contribution in [0, 0.1) is 31.1 Å². The maximum absolute atomic E-state index is 9.92. The van der Waals surface area contributed by atoms with Crippen LogP contribution in [0.3, 0.4) is 0 Å². The first-order valence-corrected chi connectivity index (χ1v) is 6.35. The Balaban J connectivity index is 0. The van der Waals surface area contributed by atoms with Gasteiger partial charge in [-0.1, -0.05) is 0 Å². The monoisotopic (exact) mass is 239 g/mol. The number of halogens is 4. The molecule has 33 valence electrons. The zero-order chi connectivity index (χ0) is 4.50. The summed E-state index contributed by atoms with van der Waals surface area (Å²) in [5, 5.41) is 0. The predicted molar refractivity (Wildman–Crippen MR) is 11.6 cm³/mol. The van der Waals surface area contributed by atoms with Crippen molar-refractivity contribution in [3.8, 4) is 0 Å². The first-order chi connectivity index (χ1) is 2.00. The fourth-order valence-corrected chi connectivity index (χ4v) is 0. The van der Waals surface area contributed by atoms with Crippen molar-refractivity contribution in [2.45, 2.75) is 0 Å². The van der Waals surface area contributed by atoms with Gasteiger partial charge < -0.3 is 0 Å². The van der Waals surface area contributed by atoms with Crippen molar-refractivity contribution >= 4 is 29.6 Å². The molecule has 6 heteroatoms. The van der Waals surface area contributed by atoms with E-state index in [0.29, 0.717) is 0 Å². The maximum atomic E-state index is 9.92. The Bertz CT molecular complexity index is 23.0. The van der Waals surface area contributed by atoms with Crippen molar-refractivity contribution < 1.29 is 37.5 Å². The Hall–Kier alpha value is 1.91. The van der Waals surface area contributed by atoms with Gasteiger partial charge in [-0.2, -0.15) is 0 Å². The molecule has 0 aromatic heterocycles. The first kappa shape index (κ1) is 10.8. The SMILES string of the molecule is [F][La]([F])([F])[F].[NaH]. The van der Waals surface area contributed by atoms with E-state index in [1.54, 1.807) is 0 Å². The average molecular weight is 239 g/mol. The second kappa shape index (κ2) is 3.86. The van der Waals surface area contributed by atoms with Crippen LogP contribution in [0.4, 0.5) is 6.42 Å². The van der Waals surface area contributed by atoms with Gasteiger partial charge in [0, 0.05) is 0 Å². The summed E-state index contributed by atoms with van der Waals surface area (Å²) in [7, 11) is 0. The minimum absolute atomic E-state index is 0. The summed E-state index contributed by atoms with van der Waals surface area (Å²) in [6, 6.07) is 0. The minimum atomic E-state index is -7.33. The van der Waals surface area contributed by atoms with Crippen molar-refractivity contribution in [2.24, 2.45) is 0 Å². The molecular weight excluding hydrogens is 238 g/mol. The summed E-state index contributed by atoms with van der Waals surface area (Å²) in [4.78, 5) is 0. The third kappa shape index (κ3) is 39.0. The number of rotatable bonds is 0. The summed E-state index contributed by atoms with van der Waals surface area (Å²) >= 11 is -7.33. The summed E-state index contributed by atoms with van der Waals surface area (Å²) in [5.41, 5.74) is 0. The van der Waals surface area contributed by atoms with Gasteiger partial charge in [0.1, 0.15) is 0 Å². The first-order valence-electron chi connectivity index (χ1n) is 0.873. The van der Waals surface area contributed by atoms with Crippen molar-refractivity contribution in [3.05, 3.63) is 0 Å². The van der Waals surface area contributed by atoms with Gasteiger partial charge in [-0.3, -0.25) is 0 Å². The molecule has 0 nitrogen and oxygen atoms in total. The molecule has 0 aromatic rings. The fourth-order valence-electron chi connectivity index (χ4n) is 0. The molecule has 0 unspecified atom stereocenters. The molecule has 6 heavy (non-hydrogen) atoms. The van der Waals surface area contributed by atoms with Gasteiger partial charge in [-0.05, 0) is 0 Å². The van der Waals surface area contributed by atoms with Gasteiger partial charge in [0.2, 0.25) is 0 Å². The van der Waals surface area contributed by atoms with E-state index in [4.69, 9.17) is 0 Å². The second-order valence-corrected chi connectivity index (χ2v) is 3.60. The van der Waals surface area contributed by atoms with Gasteiger partial charge in [0.25, 0.3) is 0 Å². The van der Waals surface area contributed by atoms with Gasteiger partial charge >= 0.3 is 67.1 Å². The Morgan fingerprint density at radius 2 is 0.833 bits per heavy atom. The van der Waals surface area contributed by atoms with Crippen LogP contribution < -0.4 is 0 Å². The van der Waals surface area contributed by atoms with Crippen LogP contribution in [0.15, 0.2) is 0 Å². The van der Waals surface area contributed by atoms with E-state index >= 15 is 0 Å². The molecule has 0 aliphatic rings. The Morgan fingerprint density at radius 1 is 0.833 bits per heavy atom. The number of hydrogen-bond donors (Lipinski definition) is 0. The van der Waals surface area contributed by atoms with Crippen molar-refractivity contribution in [2.75, 3.05) is 0 Å². The molecule has 0 bridgehead atoms. The van der Waals surface area contributed by atoms with Crippen LogP contribution in [0.1, 0.15) is 0 Å². The third-order valence-electron chi connectivity index (χ3n) is 0. The molecule has 0 N–H and O–H groups in total. The van der Waals surface area contributed by atoms with Gasteiger partial charge in [0.15, 0.2) is 0 Å². The van der Waals surface area contributed by atoms with Crippen molar-refractivity contribution in [1.29, 1.82) is 0 Å². The molecule has 0 radical (unpaired) electrons. The molecule has 0 atom stereocenters. The van der Waals surface area contributed by atoms with Gasteiger partial charge in [0.05, 0.1) is 0 Å². The summed E-state index contributed by atoms with van der Waals surface area (Å²) in [5.74, 6) is 0. The van der Waals surface area contributed by atoms with E-state index in [1.165, 1.54) is 0 Å². The molecular formula is HF4LaNa. The standard InChI is InChI=1S/4FH.La.Na.H/h4*1H;;;/q;;;;+4;;/p-4. The quantitative estimate of drug-likeness (QED) is 0.437. The molecule has 0 rings (SSSR count). The molecule has 0 spiro atoms. The van der Waals surface area contributed by atoms with Gasteiger partial charge in [-0.25, -0.2) is 0 Å². The molecule has 0 saturated carbocycles. The molecule has 0 heterocycles. The predicted octanol–water partition coefficient (Wildman–Crippen LogP) is 1.03. The zero-order valence-corrected chi connectivity index (χ0v) is 5.72. The molecule has 0 aliphatic heterocycles. The second-order valence-electron chi connectivity index (χ2n) is 0.495. The molecule has 0 aliphatic carbocycles. The topological polar surface area (TPSA) is 0 Å². The van der Waals surface area contributed by atoms with Crippen LogP contribution in [-0.4, -0.2) is 29.6 Å². The Morgan fingerprint density at radius 3 is 0.833 bits per heavy atom. The normalized spacial score (nSPS) is 10.0. The van der Waals surface area contributed by atoms with Crippen LogP contribution in [0.2, 0.25) is 0 Å². The summed E-state index contributed by atoms with van der Waals surface area (Å²) in [6.45, 7) is 0.